The van der Waals surface area contributed by atoms with Crippen molar-refractivity contribution in [2.75, 3.05) is 26.4 Å². The van der Waals surface area contributed by atoms with Crippen LogP contribution in [0.25, 0.3) is 0 Å². The minimum Gasteiger partial charge on any atom is -0.383 e. The molecule has 0 aliphatic carbocycles. The monoisotopic (exact) mass is 222 g/mol. The van der Waals surface area contributed by atoms with Crippen LogP contribution in [0.3, 0.4) is 0 Å². The van der Waals surface area contributed by atoms with E-state index in [-0.39, 0.29) is 17.8 Å². The number of hydrogen-bond donors (Lipinski definition) is 2. The standard InChI is InChI=1S/C11H18N4O/c1-8(15(2)3)7-14-11(16)9-5-4-6-13-10(9)12/h4-6,8H,7H2,1-3H3,(H2,12,13)(H,14,16). The summed E-state index contributed by atoms with van der Waals surface area (Å²) in [5.41, 5.74) is 6.03. The number of nitrogen functional groups attached to an aromatic ring is 1. The van der Waals surface area contributed by atoms with Crippen LogP contribution in [0.4, 0.5) is 5.82 Å². The predicted molar refractivity (Wildman–Crippen MR) is 64.1 cm³/mol. The van der Waals surface area contributed by atoms with E-state index in [1.54, 1.807) is 18.3 Å². The molecule has 5 heteroatoms. The highest BCUT2D eigenvalue weighted by molar-refractivity contribution is 5.98. The lowest BCUT2D eigenvalue weighted by Gasteiger charge is -2.20. The first-order chi connectivity index (χ1) is 7.52. The summed E-state index contributed by atoms with van der Waals surface area (Å²) >= 11 is 0. The molecule has 3 N–H and O–H groups in total. The van der Waals surface area contributed by atoms with Gasteiger partial charge in [-0.3, -0.25) is 4.79 Å². The number of aromatic nitrogens is 1. The lowest BCUT2D eigenvalue weighted by molar-refractivity contribution is 0.0944. The molecule has 1 atom stereocenters. The van der Waals surface area contributed by atoms with Gasteiger partial charge in [0.15, 0.2) is 0 Å². The Labute approximate surface area is 95.7 Å². The fourth-order valence-corrected chi connectivity index (χ4v) is 1.13. The van der Waals surface area contributed by atoms with Gasteiger partial charge in [-0.25, -0.2) is 4.98 Å². The largest absolute Gasteiger partial charge is 0.383 e. The fraction of sp³-hybridized carbons (Fsp3) is 0.455. The third-order valence-electron chi connectivity index (χ3n) is 2.52. The molecule has 1 amide bonds. The van der Waals surface area contributed by atoms with Gasteiger partial charge in [-0.1, -0.05) is 0 Å². The van der Waals surface area contributed by atoms with Crippen molar-refractivity contribution in [3.05, 3.63) is 23.9 Å². The van der Waals surface area contributed by atoms with E-state index in [4.69, 9.17) is 5.73 Å². The molecule has 1 heterocycles. The molecule has 88 valence electrons. The number of likely N-dealkylation sites (N-methyl/N-ethyl adjacent to an activating group) is 1. The Balaban J connectivity index is 2.57. The van der Waals surface area contributed by atoms with Gasteiger partial charge in [0.2, 0.25) is 0 Å². The number of pyridine rings is 1. The van der Waals surface area contributed by atoms with Gasteiger partial charge in [-0.15, -0.1) is 0 Å². The molecule has 0 aliphatic heterocycles. The first-order valence-electron chi connectivity index (χ1n) is 5.17. The van der Waals surface area contributed by atoms with E-state index in [1.165, 1.54) is 0 Å². The van der Waals surface area contributed by atoms with Crippen molar-refractivity contribution in [2.24, 2.45) is 0 Å². The van der Waals surface area contributed by atoms with Crippen LogP contribution in [0, 0.1) is 0 Å². The lowest BCUT2D eigenvalue weighted by Crippen LogP contribution is -2.38. The van der Waals surface area contributed by atoms with E-state index in [2.05, 4.69) is 10.3 Å². The summed E-state index contributed by atoms with van der Waals surface area (Å²) in [7, 11) is 3.94. The van der Waals surface area contributed by atoms with Crippen molar-refractivity contribution in [1.82, 2.24) is 15.2 Å². The molecule has 1 unspecified atom stereocenters. The molecule has 16 heavy (non-hydrogen) atoms. The predicted octanol–water partition coefficient (Wildman–Crippen LogP) is 0.344. The molecule has 1 aromatic rings. The van der Waals surface area contributed by atoms with Crippen LogP contribution in [-0.4, -0.2) is 42.5 Å². The SMILES string of the molecule is CC(CNC(=O)c1cccnc1N)N(C)C. The maximum Gasteiger partial charge on any atom is 0.255 e. The molecule has 0 aliphatic rings. The topological polar surface area (TPSA) is 71.2 Å². The van der Waals surface area contributed by atoms with Crippen LogP contribution < -0.4 is 11.1 Å². The van der Waals surface area contributed by atoms with Gasteiger partial charge in [0.1, 0.15) is 5.82 Å². The van der Waals surface area contributed by atoms with E-state index in [9.17, 15) is 4.79 Å². The second kappa shape index (κ2) is 5.46. The third kappa shape index (κ3) is 3.20. The molecule has 0 spiro atoms. The highest BCUT2D eigenvalue weighted by atomic mass is 16.1. The normalized spacial score (nSPS) is 12.5. The molecular formula is C11H18N4O. The van der Waals surface area contributed by atoms with E-state index in [0.29, 0.717) is 12.1 Å². The van der Waals surface area contributed by atoms with Crippen molar-refractivity contribution >= 4 is 11.7 Å². The molecule has 0 saturated carbocycles. The van der Waals surface area contributed by atoms with Crippen molar-refractivity contribution in [1.29, 1.82) is 0 Å². The van der Waals surface area contributed by atoms with Gasteiger partial charge in [-0.05, 0) is 33.2 Å². The number of hydrogen-bond acceptors (Lipinski definition) is 4. The van der Waals surface area contributed by atoms with Gasteiger partial charge in [0, 0.05) is 18.8 Å². The zero-order chi connectivity index (χ0) is 12.1. The van der Waals surface area contributed by atoms with Gasteiger partial charge in [-0.2, -0.15) is 0 Å². The zero-order valence-corrected chi connectivity index (χ0v) is 9.90. The zero-order valence-electron chi connectivity index (χ0n) is 9.90. The number of anilines is 1. The van der Waals surface area contributed by atoms with E-state index < -0.39 is 0 Å². The first kappa shape index (κ1) is 12.4. The molecule has 0 radical (unpaired) electrons. The number of carbonyl (C=O) groups excluding carboxylic acids is 1. The number of carbonyl (C=O) groups is 1. The Kier molecular flexibility index (Phi) is 4.25. The van der Waals surface area contributed by atoms with E-state index in [1.807, 2.05) is 25.9 Å². The summed E-state index contributed by atoms with van der Waals surface area (Å²) in [5, 5.41) is 2.82. The number of rotatable bonds is 4. The van der Waals surface area contributed by atoms with E-state index >= 15 is 0 Å². The van der Waals surface area contributed by atoms with Crippen molar-refractivity contribution in [2.45, 2.75) is 13.0 Å². The Hall–Kier alpha value is -1.62. The fourth-order valence-electron chi connectivity index (χ4n) is 1.13. The maximum absolute atomic E-state index is 11.7. The summed E-state index contributed by atoms with van der Waals surface area (Å²) in [6.07, 6.45) is 1.56. The van der Waals surface area contributed by atoms with Crippen molar-refractivity contribution in [3.63, 3.8) is 0 Å². The van der Waals surface area contributed by atoms with Gasteiger partial charge < -0.3 is 16.0 Å². The second-order valence-electron chi connectivity index (χ2n) is 3.96. The number of nitrogens with two attached hydrogens (primary N) is 1. The van der Waals surface area contributed by atoms with Crippen molar-refractivity contribution in [3.8, 4) is 0 Å². The number of nitrogens with zero attached hydrogens (tertiary/aromatic N) is 2. The quantitative estimate of drug-likeness (QED) is 0.771. The van der Waals surface area contributed by atoms with Gasteiger partial charge >= 0.3 is 0 Å². The highest BCUT2D eigenvalue weighted by Crippen LogP contribution is 2.06. The Morgan fingerprint density at radius 1 is 1.62 bits per heavy atom. The van der Waals surface area contributed by atoms with Crippen LogP contribution in [0.2, 0.25) is 0 Å². The molecule has 5 nitrogen and oxygen atoms in total. The smallest absolute Gasteiger partial charge is 0.255 e. The van der Waals surface area contributed by atoms with Crippen LogP contribution in [0.5, 0.6) is 0 Å². The van der Waals surface area contributed by atoms with Gasteiger partial charge in [0.05, 0.1) is 5.56 Å². The van der Waals surface area contributed by atoms with Crippen LogP contribution in [0.15, 0.2) is 18.3 Å². The molecule has 0 fully saturated rings. The summed E-state index contributed by atoms with van der Waals surface area (Å²) in [6.45, 7) is 2.62. The number of nitrogens with one attached hydrogen (secondary N) is 1. The summed E-state index contributed by atoms with van der Waals surface area (Å²) in [6, 6.07) is 3.64. The Morgan fingerprint density at radius 3 is 2.88 bits per heavy atom. The minimum absolute atomic E-state index is 0.181. The molecule has 1 aromatic heterocycles. The number of amides is 1. The average molecular weight is 222 g/mol. The van der Waals surface area contributed by atoms with Crippen LogP contribution in [-0.2, 0) is 0 Å². The Morgan fingerprint density at radius 2 is 2.31 bits per heavy atom. The molecular weight excluding hydrogens is 204 g/mol. The van der Waals surface area contributed by atoms with Gasteiger partial charge in [0.25, 0.3) is 5.91 Å². The van der Waals surface area contributed by atoms with Crippen LogP contribution >= 0.6 is 0 Å². The first-order valence-corrected chi connectivity index (χ1v) is 5.17. The summed E-state index contributed by atoms with van der Waals surface area (Å²) < 4.78 is 0. The molecule has 1 rings (SSSR count). The van der Waals surface area contributed by atoms with E-state index in [0.717, 1.165) is 0 Å². The minimum atomic E-state index is -0.181. The highest BCUT2D eigenvalue weighted by Gasteiger charge is 2.11. The van der Waals surface area contributed by atoms with Crippen molar-refractivity contribution < 1.29 is 4.79 Å². The lowest BCUT2D eigenvalue weighted by atomic mass is 10.2. The van der Waals surface area contributed by atoms with Crippen LogP contribution in [0.1, 0.15) is 17.3 Å². The Bertz CT molecular complexity index is 365. The maximum atomic E-state index is 11.7. The summed E-state index contributed by atoms with van der Waals surface area (Å²) in [4.78, 5) is 17.6. The average Bonchev–Trinajstić information content (AvgIpc) is 2.25. The molecule has 0 saturated heterocycles. The summed E-state index contributed by atoms with van der Waals surface area (Å²) in [5.74, 6) is 0.0804. The second-order valence-corrected chi connectivity index (χ2v) is 3.96. The molecule has 0 bridgehead atoms. The molecule has 0 aromatic carbocycles. The third-order valence-corrected chi connectivity index (χ3v) is 2.52.